The molecule has 0 spiro atoms. The first kappa shape index (κ1) is 18.1. The van der Waals surface area contributed by atoms with Crippen LogP contribution in [0.25, 0.3) is 10.1 Å². The van der Waals surface area contributed by atoms with Crippen molar-refractivity contribution in [3.05, 3.63) is 54.7 Å². The molecule has 1 aliphatic heterocycles. The molecule has 3 aromatic rings. The molecule has 4 rings (SSSR count). The van der Waals surface area contributed by atoms with Gasteiger partial charge in [0.05, 0.1) is 15.5 Å². The first-order chi connectivity index (χ1) is 13.0. The smallest absolute Gasteiger partial charge is 0.243 e. The van der Waals surface area contributed by atoms with Gasteiger partial charge in [-0.25, -0.2) is 8.42 Å². The maximum atomic E-state index is 12.8. The second kappa shape index (κ2) is 7.38. The van der Waals surface area contributed by atoms with E-state index >= 15 is 0 Å². The third-order valence-electron chi connectivity index (χ3n) is 4.76. The van der Waals surface area contributed by atoms with Crippen molar-refractivity contribution >= 4 is 43.2 Å². The number of carbonyl (C=O) groups is 1. The van der Waals surface area contributed by atoms with E-state index in [4.69, 9.17) is 0 Å². The summed E-state index contributed by atoms with van der Waals surface area (Å²) in [6.45, 7) is 0.638. The average Bonchev–Trinajstić information content (AvgIpc) is 3.16. The molecule has 2 heterocycles. The van der Waals surface area contributed by atoms with Gasteiger partial charge in [-0.1, -0.05) is 18.2 Å². The van der Waals surface area contributed by atoms with Crippen LogP contribution in [0, 0.1) is 5.92 Å². The molecule has 6 nitrogen and oxygen atoms in total. The molecule has 1 atom stereocenters. The van der Waals surface area contributed by atoms with Crippen molar-refractivity contribution < 1.29 is 13.2 Å². The summed E-state index contributed by atoms with van der Waals surface area (Å²) in [4.78, 5) is 13.0. The molecule has 1 amide bonds. The minimum absolute atomic E-state index is 0.148. The number of benzene rings is 2. The van der Waals surface area contributed by atoms with Gasteiger partial charge in [-0.2, -0.15) is 8.68 Å². The topological polar surface area (TPSA) is 79.4 Å². The van der Waals surface area contributed by atoms with Crippen LogP contribution in [0.4, 0.5) is 5.69 Å². The molecule has 2 aromatic carbocycles. The minimum Gasteiger partial charge on any atom is -0.326 e. The number of amides is 1. The molecule has 1 aromatic heterocycles. The minimum atomic E-state index is -3.58. The van der Waals surface area contributed by atoms with E-state index in [1.54, 1.807) is 36.5 Å². The van der Waals surface area contributed by atoms with E-state index in [2.05, 4.69) is 9.69 Å². The van der Waals surface area contributed by atoms with Gasteiger partial charge in [-0.3, -0.25) is 4.79 Å². The third kappa shape index (κ3) is 3.73. The number of nitrogens with one attached hydrogen (secondary N) is 1. The van der Waals surface area contributed by atoms with Crippen LogP contribution in [0.2, 0.25) is 0 Å². The summed E-state index contributed by atoms with van der Waals surface area (Å²) in [6, 6.07) is 14.0. The summed E-state index contributed by atoms with van der Waals surface area (Å²) >= 11 is 1.41. The van der Waals surface area contributed by atoms with Crippen LogP contribution in [-0.2, 0) is 14.8 Å². The van der Waals surface area contributed by atoms with Crippen LogP contribution >= 0.6 is 11.5 Å². The second-order valence-corrected chi connectivity index (χ2v) is 9.35. The van der Waals surface area contributed by atoms with Gasteiger partial charge in [0.1, 0.15) is 0 Å². The molecule has 0 bridgehead atoms. The van der Waals surface area contributed by atoms with Crippen LogP contribution < -0.4 is 5.32 Å². The molecule has 27 heavy (non-hydrogen) atoms. The van der Waals surface area contributed by atoms with Crippen molar-refractivity contribution in [1.29, 1.82) is 0 Å². The number of anilines is 1. The second-order valence-electron chi connectivity index (χ2n) is 6.58. The fraction of sp³-hybridized carbons (Fsp3) is 0.263. The lowest BCUT2D eigenvalue weighted by atomic mass is 9.98. The van der Waals surface area contributed by atoms with Gasteiger partial charge in [-0.15, -0.1) is 0 Å². The fourth-order valence-electron chi connectivity index (χ4n) is 3.31. The van der Waals surface area contributed by atoms with Gasteiger partial charge in [-0.05, 0) is 54.7 Å². The Bertz CT molecular complexity index is 1060. The number of hydrogen-bond donors (Lipinski definition) is 1. The number of hydrogen-bond acceptors (Lipinski definition) is 5. The monoisotopic (exact) mass is 401 g/mol. The summed E-state index contributed by atoms with van der Waals surface area (Å²) < 4.78 is 32.3. The highest BCUT2D eigenvalue weighted by atomic mass is 32.2. The van der Waals surface area contributed by atoms with Crippen LogP contribution in [0.1, 0.15) is 12.8 Å². The predicted molar refractivity (Wildman–Crippen MR) is 106 cm³/mol. The molecule has 1 fully saturated rings. The maximum absolute atomic E-state index is 12.8. The summed E-state index contributed by atoms with van der Waals surface area (Å²) in [7, 11) is -3.58. The Morgan fingerprint density at radius 1 is 1.19 bits per heavy atom. The average molecular weight is 402 g/mol. The van der Waals surface area contributed by atoms with Gasteiger partial charge in [0.15, 0.2) is 0 Å². The first-order valence-electron chi connectivity index (χ1n) is 8.74. The number of carbonyl (C=O) groups excluding carboxylic acids is 1. The van der Waals surface area contributed by atoms with E-state index < -0.39 is 10.0 Å². The molecule has 1 unspecified atom stereocenters. The Kier molecular flexibility index (Phi) is 4.94. The van der Waals surface area contributed by atoms with E-state index in [0.29, 0.717) is 25.1 Å². The lowest BCUT2D eigenvalue weighted by Crippen LogP contribution is -2.43. The zero-order valence-electron chi connectivity index (χ0n) is 14.5. The zero-order valence-corrected chi connectivity index (χ0v) is 16.2. The molecule has 0 saturated carbocycles. The van der Waals surface area contributed by atoms with Gasteiger partial charge < -0.3 is 5.32 Å². The molecule has 0 aliphatic carbocycles. The van der Waals surface area contributed by atoms with E-state index in [-0.39, 0.29) is 23.3 Å². The zero-order chi connectivity index (χ0) is 18.9. The highest BCUT2D eigenvalue weighted by molar-refractivity contribution is 7.89. The van der Waals surface area contributed by atoms with E-state index in [9.17, 15) is 13.2 Å². The Morgan fingerprint density at radius 2 is 2.00 bits per heavy atom. The van der Waals surface area contributed by atoms with Crippen molar-refractivity contribution in [3.8, 4) is 0 Å². The van der Waals surface area contributed by atoms with Gasteiger partial charge in [0.25, 0.3) is 0 Å². The molecule has 1 saturated heterocycles. The van der Waals surface area contributed by atoms with Crippen LogP contribution in [0.5, 0.6) is 0 Å². The fourth-order valence-corrected chi connectivity index (χ4v) is 5.48. The van der Waals surface area contributed by atoms with Crippen LogP contribution in [-0.4, -0.2) is 36.1 Å². The largest absolute Gasteiger partial charge is 0.326 e. The molecule has 1 aliphatic rings. The molecule has 8 heteroatoms. The summed E-state index contributed by atoms with van der Waals surface area (Å²) in [6.07, 6.45) is 3.11. The molecular weight excluding hydrogens is 382 g/mol. The number of piperidine rings is 1. The lowest BCUT2D eigenvalue weighted by Gasteiger charge is -2.31. The normalized spacial score (nSPS) is 18.4. The molecule has 140 valence electrons. The Hall–Kier alpha value is -2.29. The maximum Gasteiger partial charge on any atom is 0.243 e. The number of nitrogens with zero attached hydrogens (tertiary/aromatic N) is 2. The number of sulfonamides is 1. The summed E-state index contributed by atoms with van der Waals surface area (Å²) in [5.41, 5.74) is 0.704. The van der Waals surface area contributed by atoms with Crippen LogP contribution in [0.15, 0.2) is 59.6 Å². The Labute approximate surface area is 162 Å². The summed E-state index contributed by atoms with van der Waals surface area (Å²) in [5.74, 6) is -0.515. The number of aromatic nitrogens is 1. The van der Waals surface area contributed by atoms with E-state index in [0.717, 1.165) is 10.1 Å². The Morgan fingerprint density at radius 3 is 2.81 bits per heavy atom. The molecular formula is C19H19N3O3S2. The quantitative estimate of drug-likeness (QED) is 0.727. The highest BCUT2D eigenvalue weighted by Gasteiger charge is 2.33. The van der Waals surface area contributed by atoms with Crippen molar-refractivity contribution in [3.63, 3.8) is 0 Å². The SMILES string of the molecule is O=C(Nc1ccc2sncc2c1)C1CCCN(S(=O)(=O)c2ccccc2)C1. The van der Waals surface area contributed by atoms with Crippen molar-refractivity contribution in [2.24, 2.45) is 5.92 Å². The number of fused-ring (bicyclic) bond motifs is 1. The molecule has 0 radical (unpaired) electrons. The lowest BCUT2D eigenvalue weighted by molar-refractivity contribution is -0.120. The third-order valence-corrected chi connectivity index (χ3v) is 7.41. The molecule has 1 N–H and O–H groups in total. The van der Waals surface area contributed by atoms with Gasteiger partial charge >= 0.3 is 0 Å². The van der Waals surface area contributed by atoms with Crippen molar-refractivity contribution in [2.75, 3.05) is 18.4 Å². The number of rotatable bonds is 4. The summed E-state index contributed by atoms with van der Waals surface area (Å²) in [5, 5.41) is 3.90. The van der Waals surface area contributed by atoms with E-state index in [1.807, 2.05) is 18.2 Å². The van der Waals surface area contributed by atoms with Crippen molar-refractivity contribution in [1.82, 2.24) is 8.68 Å². The van der Waals surface area contributed by atoms with Gasteiger partial charge in [0, 0.05) is 30.4 Å². The van der Waals surface area contributed by atoms with Crippen molar-refractivity contribution in [2.45, 2.75) is 17.7 Å². The highest BCUT2D eigenvalue weighted by Crippen LogP contribution is 2.26. The van der Waals surface area contributed by atoms with Crippen LogP contribution in [0.3, 0.4) is 0 Å². The predicted octanol–water partition coefficient (Wildman–Crippen LogP) is 3.34. The first-order valence-corrected chi connectivity index (χ1v) is 11.0. The standard InChI is InChI=1S/C19H19N3O3S2/c23-19(21-16-8-9-18-15(11-16)12-20-26-18)14-5-4-10-22(13-14)27(24,25)17-6-2-1-3-7-17/h1-3,6-9,11-12,14H,4-5,10,13H2,(H,21,23). The van der Waals surface area contributed by atoms with Gasteiger partial charge in [0.2, 0.25) is 15.9 Å². The van der Waals surface area contributed by atoms with E-state index in [1.165, 1.54) is 15.8 Å². The Balaban J connectivity index is 1.48.